The second-order valence-electron chi connectivity index (χ2n) is 8.64. The highest BCUT2D eigenvalue weighted by Crippen LogP contribution is 2.43. The Bertz CT molecular complexity index is 1220. The summed E-state index contributed by atoms with van der Waals surface area (Å²) in [7, 11) is 1.94. The predicted molar refractivity (Wildman–Crippen MR) is 128 cm³/mol. The van der Waals surface area contributed by atoms with Crippen LogP contribution in [-0.2, 0) is 17.9 Å². The standard InChI is InChI=1S/C23H23F3N6O.H2S/c1-12-21-18(31(2)22(15-3-4-15)23(33)30-21)7-19(29-12)27-8-14-9-28-32(11-14)10-13-5-16(24)20(26)17(25)6-13;/h5-7,9,11,15,22H,3-4,8,10H2,1-2H3,(H,27,29)(H,30,33);1H2/t22-;/m0./s1. The molecule has 180 valence electrons. The molecule has 1 aliphatic heterocycles. The maximum Gasteiger partial charge on any atom is 0.247 e. The summed E-state index contributed by atoms with van der Waals surface area (Å²) < 4.78 is 41.6. The summed E-state index contributed by atoms with van der Waals surface area (Å²) in [6.45, 7) is 2.39. The number of hydrogen-bond acceptors (Lipinski definition) is 5. The monoisotopic (exact) mass is 490 g/mol. The molecule has 1 saturated carbocycles. The Morgan fingerprint density at radius 1 is 1.15 bits per heavy atom. The molecule has 7 nitrogen and oxygen atoms in total. The number of rotatable bonds is 6. The third-order valence-electron chi connectivity index (χ3n) is 6.11. The van der Waals surface area contributed by atoms with Crippen LogP contribution in [0.4, 0.5) is 30.4 Å². The van der Waals surface area contributed by atoms with E-state index in [-0.39, 0.29) is 37.6 Å². The average Bonchev–Trinajstić information content (AvgIpc) is 3.50. The molecule has 1 atom stereocenters. The summed E-state index contributed by atoms with van der Waals surface area (Å²) in [6, 6.07) is 3.68. The highest BCUT2D eigenvalue weighted by Gasteiger charge is 2.42. The van der Waals surface area contributed by atoms with Gasteiger partial charge < -0.3 is 15.5 Å². The molecule has 0 radical (unpaired) electrons. The number of pyridine rings is 1. The zero-order valence-electron chi connectivity index (χ0n) is 18.7. The number of carbonyl (C=O) groups excluding carboxylic acids is 1. The number of nitrogens with one attached hydrogen (secondary N) is 2. The largest absolute Gasteiger partial charge is 0.366 e. The van der Waals surface area contributed by atoms with Crippen LogP contribution in [0.2, 0.25) is 0 Å². The minimum atomic E-state index is -1.48. The minimum Gasteiger partial charge on any atom is -0.366 e. The third-order valence-corrected chi connectivity index (χ3v) is 6.11. The number of aromatic nitrogens is 3. The number of fused-ring (bicyclic) bond motifs is 1. The summed E-state index contributed by atoms with van der Waals surface area (Å²) >= 11 is 0. The van der Waals surface area contributed by atoms with E-state index >= 15 is 0 Å². The fourth-order valence-electron chi connectivity index (χ4n) is 4.31. The third kappa shape index (κ3) is 4.56. The van der Waals surface area contributed by atoms with Gasteiger partial charge >= 0.3 is 0 Å². The van der Waals surface area contributed by atoms with Gasteiger partial charge in [0.05, 0.1) is 29.8 Å². The van der Waals surface area contributed by atoms with Crippen LogP contribution in [0.5, 0.6) is 0 Å². The van der Waals surface area contributed by atoms with Gasteiger partial charge in [-0.05, 0) is 43.4 Å². The Hall–Kier alpha value is -3.21. The second-order valence-corrected chi connectivity index (χ2v) is 8.64. The van der Waals surface area contributed by atoms with E-state index in [0.29, 0.717) is 18.3 Å². The zero-order valence-corrected chi connectivity index (χ0v) is 19.7. The molecule has 0 unspecified atom stereocenters. The van der Waals surface area contributed by atoms with Crippen molar-refractivity contribution in [2.45, 2.75) is 38.9 Å². The average molecular weight is 491 g/mol. The van der Waals surface area contributed by atoms with E-state index in [1.807, 2.05) is 24.9 Å². The van der Waals surface area contributed by atoms with Crippen LogP contribution in [0.3, 0.4) is 0 Å². The summed E-state index contributed by atoms with van der Waals surface area (Å²) in [6.07, 6.45) is 5.51. The van der Waals surface area contributed by atoms with Gasteiger partial charge in [0.1, 0.15) is 11.9 Å². The number of amides is 1. The Kier molecular flexibility index (Phi) is 6.48. The van der Waals surface area contributed by atoms with E-state index < -0.39 is 17.5 Å². The highest BCUT2D eigenvalue weighted by atomic mass is 32.1. The lowest BCUT2D eigenvalue weighted by Gasteiger charge is -2.36. The van der Waals surface area contributed by atoms with E-state index in [0.717, 1.165) is 47.6 Å². The predicted octanol–water partition coefficient (Wildman–Crippen LogP) is 3.94. The van der Waals surface area contributed by atoms with E-state index in [1.165, 1.54) is 4.68 Å². The molecule has 0 bridgehead atoms. The van der Waals surface area contributed by atoms with Gasteiger partial charge in [-0.3, -0.25) is 9.48 Å². The second kappa shape index (κ2) is 9.21. The van der Waals surface area contributed by atoms with Crippen molar-refractivity contribution in [2.24, 2.45) is 5.92 Å². The minimum absolute atomic E-state index is 0. The van der Waals surface area contributed by atoms with Crippen molar-refractivity contribution < 1.29 is 18.0 Å². The van der Waals surface area contributed by atoms with Crippen LogP contribution in [0.1, 0.15) is 29.7 Å². The van der Waals surface area contributed by atoms with E-state index in [4.69, 9.17) is 0 Å². The number of likely N-dealkylation sites (N-methyl/N-ethyl adjacent to an activating group) is 1. The summed E-state index contributed by atoms with van der Waals surface area (Å²) in [5.41, 5.74) is 3.50. The van der Waals surface area contributed by atoms with Crippen LogP contribution in [0.15, 0.2) is 30.6 Å². The normalized spacial score (nSPS) is 17.1. The van der Waals surface area contributed by atoms with Gasteiger partial charge in [0.15, 0.2) is 17.5 Å². The van der Waals surface area contributed by atoms with Gasteiger partial charge in [0, 0.05) is 31.4 Å². The van der Waals surface area contributed by atoms with Gasteiger partial charge in [0.25, 0.3) is 0 Å². The number of anilines is 3. The van der Waals surface area contributed by atoms with E-state index in [9.17, 15) is 18.0 Å². The number of nitrogens with zero attached hydrogens (tertiary/aromatic N) is 4. The van der Waals surface area contributed by atoms with Crippen molar-refractivity contribution in [1.82, 2.24) is 14.8 Å². The Balaban J connectivity index is 0.00000274. The highest BCUT2D eigenvalue weighted by molar-refractivity contribution is 7.59. The molecule has 34 heavy (non-hydrogen) atoms. The fourth-order valence-corrected chi connectivity index (χ4v) is 4.31. The molecule has 3 aromatic rings. The molecule has 0 saturated heterocycles. The lowest BCUT2D eigenvalue weighted by Crippen LogP contribution is -2.47. The van der Waals surface area contributed by atoms with Gasteiger partial charge in [-0.2, -0.15) is 18.6 Å². The molecule has 2 N–H and O–H groups in total. The zero-order chi connectivity index (χ0) is 23.3. The van der Waals surface area contributed by atoms with Gasteiger partial charge in [0.2, 0.25) is 5.91 Å². The van der Waals surface area contributed by atoms with Crippen molar-refractivity contribution in [3.8, 4) is 0 Å². The molecule has 3 heterocycles. The number of hydrogen-bond donors (Lipinski definition) is 2. The lowest BCUT2D eigenvalue weighted by molar-refractivity contribution is -0.118. The summed E-state index contributed by atoms with van der Waals surface area (Å²) in [5, 5.41) is 10.5. The van der Waals surface area contributed by atoms with Crippen LogP contribution < -0.4 is 15.5 Å². The summed E-state index contributed by atoms with van der Waals surface area (Å²) in [4.78, 5) is 19.1. The van der Waals surface area contributed by atoms with Crippen LogP contribution in [0, 0.1) is 30.3 Å². The molecule has 2 aliphatic rings. The Morgan fingerprint density at radius 2 is 1.85 bits per heavy atom. The molecule has 0 spiro atoms. The van der Waals surface area contributed by atoms with Crippen LogP contribution in [0.25, 0.3) is 0 Å². The van der Waals surface area contributed by atoms with Crippen molar-refractivity contribution in [1.29, 1.82) is 0 Å². The maximum atomic E-state index is 13.4. The molecule has 1 aromatic carbocycles. The van der Waals surface area contributed by atoms with Crippen molar-refractivity contribution in [2.75, 3.05) is 22.6 Å². The van der Waals surface area contributed by atoms with Gasteiger partial charge in [-0.15, -0.1) is 0 Å². The smallest absolute Gasteiger partial charge is 0.247 e. The van der Waals surface area contributed by atoms with Gasteiger partial charge in [-0.25, -0.2) is 18.2 Å². The maximum absolute atomic E-state index is 13.4. The molecular weight excluding hydrogens is 465 g/mol. The van der Waals surface area contributed by atoms with Crippen LogP contribution >= 0.6 is 13.5 Å². The quantitative estimate of drug-likeness (QED) is 0.512. The van der Waals surface area contributed by atoms with Crippen molar-refractivity contribution in [3.63, 3.8) is 0 Å². The van der Waals surface area contributed by atoms with E-state index in [2.05, 4.69) is 20.7 Å². The fraction of sp³-hybridized carbons (Fsp3) is 0.348. The number of benzene rings is 1. The molecular formula is C23H25F3N6OS. The van der Waals surface area contributed by atoms with Crippen LogP contribution in [-0.4, -0.2) is 33.8 Å². The van der Waals surface area contributed by atoms with Gasteiger partial charge in [-0.1, -0.05) is 0 Å². The SMILES string of the molecule is Cc1nc(NCc2cnn(Cc3cc(F)c(F)c(F)c3)c2)cc2c1NC(=O)[C@H](C1CC1)N2C.S. The Morgan fingerprint density at radius 3 is 2.53 bits per heavy atom. The first-order valence-corrected chi connectivity index (χ1v) is 10.7. The number of halogens is 3. The molecule has 11 heteroatoms. The van der Waals surface area contributed by atoms with Crippen molar-refractivity contribution in [3.05, 3.63) is 64.9 Å². The van der Waals surface area contributed by atoms with Crippen molar-refractivity contribution >= 4 is 36.6 Å². The molecule has 1 fully saturated rings. The molecule has 1 aliphatic carbocycles. The first kappa shape index (κ1) is 23.9. The number of carbonyl (C=O) groups is 1. The topological polar surface area (TPSA) is 75.1 Å². The molecule has 5 rings (SSSR count). The lowest BCUT2D eigenvalue weighted by atomic mass is 10.0. The molecule has 2 aromatic heterocycles. The first-order chi connectivity index (χ1) is 15.8. The number of aryl methyl sites for hydroxylation is 1. The summed E-state index contributed by atoms with van der Waals surface area (Å²) in [5.74, 6) is -2.85. The molecule has 1 amide bonds. The first-order valence-electron chi connectivity index (χ1n) is 10.7. The Labute approximate surface area is 201 Å². The van der Waals surface area contributed by atoms with E-state index in [1.54, 1.807) is 12.4 Å².